The first-order valence-electron chi connectivity index (χ1n) is 5.53. The van der Waals surface area contributed by atoms with Gasteiger partial charge in [0.05, 0.1) is 6.04 Å². The van der Waals surface area contributed by atoms with Gasteiger partial charge >= 0.3 is 12.3 Å². The summed E-state index contributed by atoms with van der Waals surface area (Å²) in [6.07, 6.45) is -4.40. The van der Waals surface area contributed by atoms with Gasteiger partial charge in [0.2, 0.25) is 5.84 Å². The summed E-state index contributed by atoms with van der Waals surface area (Å²) in [7, 11) is 0.992. The molecule has 0 aliphatic heterocycles. The smallest absolute Gasteiger partial charge is 0.444 e. The third-order valence-electron chi connectivity index (χ3n) is 1.63. The van der Waals surface area contributed by atoms with Gasteiger partial charge in [-0.05, 0) is 27.7 Å². The van der Waals surface area contributed by atoms with Gasteiger partial charge < -0.3 is 10.1 Å². The van der Waals surface area contributed by atoms with Gasteiger partial charge in [-0.2, -0.15) is 13.2 Å². The molecule has 0 heterocycles. The summed E-state index contributed by atoms with van der Waals surface area (Å²) < 4.78 is 41.8. The van der Waals surface area contributed by atoms with E-state index < -0.39 is 29.7 Å². The van der Waals surface area contributed by atoms with E-state index in [0.717, 1.165) is 13.3 Å². The Balaban J connectivity index is 4.47. The van der Waals surface area contributed by atoms with Crippen LogP contribution in [0.3, 0.4) is 0 Å². The summed E-state index contributed by atoms with van der Waals surface area (Å²) in [5.41, 5.74) is -0.678. The average Bonchev–Trinajstić information content (AvgIpc) is 2.12. The third-order valence-corrected chi connectivity index (χ3v) is 1.63. The molecule has 0 aromatic rings. The van der Waals surface area contributed by atoms with Gasteiger partial charge in [0.25, 0.3) is 0 Å². The lowest BCUT2D eigenvalue weighted by Crippen LogP contribution is -2.38. The highest BCUT2D eigenvalue weighted by atomic mass is 19.4. The summed E-state index contributed by atoms with van der Waals surface area (Å²) in [5.74, 6) is -1.26. The van der Waals surface area contributed by atoms with Crippen molar-refractivity contribution in [1.82, 2.24) is 5.32 Å². The number of amidine groups is 1. The number of alkyl halides is 3. The molecule has 5 nitrogen and oxygen atoms in total. The number of hydrogen-bond acceptors (Lipinski definition) is 3. The van der Waals surface area contributed by atoms with Gasteiger partial charge in [-0.3, -0.25) is 4.99 Å². The fraction of sp³-hybridized carbons (Fsp3) is 0.727. The first kappa shape index (κ1) is 17.4. The zero-order chi connectivity index (χ0) is 15.3. The second-order valence-electron chi connectivity index (χ2n) is 4.76. The van der Waals surface area contributed by atoms with Crippen LogP contribution >= 0.6 is 0 Å². The Bertz CT molecular complexity index is 370. The SMILES string of the molecule is CN=C(N=CC(C)NC(=O)OC(C)(C)C)C(F)(F)F. The molecule has 1 atom stereocenters. The lowest BCUT2D eigenvalue weighted by atomic mass is 10.2. The molecule has 0 spiro atoms. The number of nitrogens with one attached hydrogen (secondary N) is 1. The molecule has 0 fully saturated rings. The standard InChI is InChI=1S/C11H18F3N3O2/c1-7(17-9(18)19-10(2,3)4)6-16-8(15-5)11(12,13)14/h6-7H,1-5H3,(H,17,18). The molecule has 0 saturated heterocycles. The zero-order valence-electron chi connectivity index (χ0n) is 11.5. The molecule has 110 valence electrons. The molecule has 0 aliphatic rings. The van der Waals surface area contributed by atoms with Gasteiger partial charge in [0.15, 0.2) is 0 Å². The zero-order valence-corrected chi connectivity index (χ0v) is 11.5. The van der Waals surface area contributed by atoms with Crippen molar-refractivity contribution < 1.29 is 22.7 Å². The molecule has 19 heavy (non-hydrogen) atoms. The van der Waals surface area contributed by atoms with Crippen molar-refractivity contribution in [2.75, 3.05) is 7.05 Å². The van der Waals surface area contributed by atoms with E-state index in [1.165, 1.54) is 6.92 Å². The summed E-state index contributed by atoms with van der Waals surface area (Å²) in [5, 5.41) is 2.33. The minimum absolute atomic E-state index is 0.678. The van der Waals surface area contributed by atoms with Crippen LogP contribution in [0, 0.1) is 0 Å². The monoisotopic (exact) mass is 281 g/mol. The molecule has 0 bridgehead atoms. The predicted octanol–water partition coefficient (Wildman–Crippen LogP) is 2.56. The topological polar surface area (TPSA) is 63.0 Å². The molecular formula is C11H18F3N3O2. The number of halogens is 3. The molecule has 0 saturated carbocycles. The number of rotatable bonds is 2. The fourth-order valence-corrected chi connectivity index (χ4v) is 0.971. The van der Waals surface area contributed by atoms with Crippen molar-refractivity contribution in [3.8, 4) is 0 Å². The largest absolute Gasteiger partial charge is 0.451 e. The first-order valence-corrected chi connectivity index (χ1v) is 5.53. The number of carbonyl (C=O) groups excluding carboxylic acids is 1. The summed E-state index contributed by atoms with van der Waals surface area (Å²) >= 11 is 0. The maximum Gasteiger partial charge on any atom is 0.451 e. The minimum atomic E-state index is -4.61. The van der Waals surface area contributed by atoms with Crippen LogP contribution in [0.15, 0.2) is 9.98 Å². The number of ether oxygens (including phenoxy) is 1. The van der Waals surface area contributed by atoms with Crippen LogP contribution in [0.4, 0.5) is 18.0 Å². The van der Waals surface area contributed by atoms with Crippen molar-refractivity contribution in [2.24, 2.45) is 9.98 Å². The van der Waals surface area contributed by atoms with E-state index >= 15 is 0 Å². The van der Waals surface area contributed by atoms with Gasteiger partial charge in [-0.25, -0.2) is 9.79 Å². The highest BCUT2D eigenvalue weighted by Gasteiger charge is 2.35. The molecule has 0 radical (unpaired) electrons. The van der Waals surface area contributed by atoms with Gasteiger partial charge in [0, 0.05) is 13.3 Å². The molecule has 8 heteroatoms. The van der Waals surface area contributed by atoms with Crippen molar-refractivity contribution in [3.63, 3.8) is 0 Å². The number of carbonyl (C=O) groups is 1. The fourth-order valence-electron chi connectivity index (χ4n) is 0.971. The van der Waals surface area contributed by atoms with E-state index in [1.54, 1.807) is 20.8 Å². The van der Waals surface area contributed by atoms with Crippen molar-refractivity contribution in [3.05, 3.63) is 0 Å². The quantitative estimate of drug-likeness (QED) is 0.624. The number of nitrogens with zero attached hydrogens (tertiary/aromatic N) is 2. The Morgan fingerprint density at radius 3 is 2.21 bits per heavy atom. The van der Waals surface area contributed by atoms with Crippen molar-refractivity contribution in [2.45, 2.75) is 45.5 Å². The Labute approximate surface area is 110 Å². The Hall–Kier alpha value is -1.60. The number of alkyl carbamates (subject to hydrolysis) is 1. The van der Waals surface area contributed by atoms with Crippen LogP contribution in [-0.4, -0.2) is 43.0 Å². The highest BCUT2D eigenvalue weighted by molar-refractivity contribution is 5.94. The van der Waals surface area contributed by atoms with E-state index in [1.807, 2.05) is 0 Å². The summed E-state index contributed by atoms with van der Waals surface area (Å²) in [6.45, 7) is 6.50. The number of amides is 1. The second kappa shape index (κ2) is 6.53. The maximum absolute atomic E-state index is 12.3. The lowest BCUT2D eigenvalue weighted by molar-refractivity contribution is -0.0597. The van der Waals surface area contributed by atoms with E-state index in [-0.39, 0.29) is 0 Å². The van der Waals surface area contributed by atoms with Gasteiger partial charge in [-0.1, -0.05) is 0 Å². The Morgan fingerprint density at radius 1 is 1.32 bits per heavy atom. The first-order chi connectivity index (χ1) is 8.45. The third kappa shape index (κ3) is 8.17. The van der Waals surface area contributed by atoms with Crippen LogP contribution in [0.5, 0.6) is 0 Å². The molecule has 0 aromatic heterocycles. The van der Waals surface area contributed by atoms with Crippen LogP contribution in [0.25, 0.3) is 0 Å². The number of aliphatic imine (C=N–C) groups is 2. The second-order valence-corrected chi connectivity index (χ2v) is 4.76. The maximum atomic E-state index is 12.3. The highest BCUT2D eigenvalue weighted by Crippen LogP contribution is 2.17. The Kier molecular flexibility index (Phi) is 5.98. The van der Waals surface area contributed by atoms with E-state index in [4.69, 9.17) is 4.74 Å². The molecule has 0 aliphatic carbocycles. The minimum Gasteiger partial charge on any atom is -0.444 e. The molecule has 1 amide bonds. The van der Waals surface area contributed by atoms with E-state index in [9.17, 15) is 18.0 Å². The molecule has 0 aromatic carbocycles. The molecule has 1 unspecified atom stereocenters. The number of hydrogen-bond donors (Lipinski definition) is 1. The van der Waals surface area contributed by atoms with Crippen LogP contribution in [0.1, 0.15) is 27.7 Å². The van der Waals surface area contributed by atoms with Crippen molar-refractivity contribution >= 4 is 18.1 Å². The van der Waals surface area contributed by atoms with E-state index in [0.29, 0.717) is 0 Å². The Morgan fingerprint density at radius 2 is 1.84 bits per heavy atom. The summed E-state index contributed by atoms with van der Waals surface area (Å²) in [4.78, 5) is 17.5. The van der Waals surface area contributed by atoms with Crippen LogP contribution in [0.2, 0.25) is 0 Å². The lowest BCUT2D eigenvalue weighted by Gasteiger charge is -2.20. The molecule has 1 N–H and O–H groups in total. The predicted molar refractivity (Wildman–Crippen MR) is 66.7 cm³/mol. The van der Waals surface area contributed by atoms with Gasteiger partial charge in [-0.15, -0.1) is 0 Å². The average molecular weight is 281 g/mol. The van der Waals surface area contributed by atoms with Crippen molar-refractivity contribution in [1.29, 1.82) is 0 Å². The normalized spacial score (nSPS) is 15.5. The van der Waals surface area contributed by atoms with E-state index in [2.05, 4.69) is 15.3 Å². The molecule has 0 rings (SSSR count). The molecular weight excluding hydrogens is 263 g/mol. The van der Waals surface area contributed by atoms with Crippen LogP contribution < -0.4 is 5.32 Å². The van der Waals surface area contributed by atoms with Crippen LogP contribution in [-0.2, 0) is 4.74 Å². The van der Waals surface area contributed by atoms with Gasteiger partial charge in [0.1, 0.15) is 5.60 Å². The summed E-state index contributed by atoms with van der Waals surface area (Å²) in [6, 6.07) is -0.714.